The quantitative estimate of drug-likeness (QED) is 0.880. The van der Waals surface area contributed by atoms with E-state index >= 15 is 0 Å². The summed E-state index contributed by atoms with van der Waals surface area (Å²) in [5, 5.41) is 4.04. The van der Waals surface area contributed by atoms with Gasteiger partial charge >= 0.3 is 0 Å². The third-order valence-electron chi connectivity index (χ3n) is 4.21. The van der Waals surface area contributed by atoms with Crippen LogP contribution in [0.3, 0.4) is 0 Å². The lowest BCUT2D eigenvalue weighted by Gasteiger charge is -2.29. The fraction of sp³-hybridized carbons (Fsp3) is 0.529. The highest BCUT2D eigenvalue weighted by Gasteiger charge is 2.25. The van der Waals surface area contributed by atoms with Crippen LogP contribution in [0, 0.1) is 13.8 Å². The van der Waals surface area contributed by atoms with Gasteiger partial charge in [-0.05, 0) is 39.5 Å². The van der Waals surface area contributed by atoms with Crippen molar-refractivity contribution >= 4 is 17.2 Å². The first-order chi connectivity index (χ1) is 12.0. The molecule has 0 radical (unpaired) electrons. The van der Waals surface area contributed by atoms with Crippen molar-refractivity contribution in [2.75, 3.05) is 7.11 Å². The summed E-state index contributed by atoms with van der Waals surface area (Å²) in [4.78, 5) is 25.7. The summed E-state index contributed by atoms with van der Waals surface area (Å²) in [6, 6.07) is 0.172. The lowest BCUT2D eigenvalue weighted by atomic mass is 9.93. The Kier molecular flexibility index (Phi) is 5.47. The van der Waals surface area contributed by atoms with E-state index in [1.807, 2.05) is 13.8 Å². The van der Waals surface area contributed by atoms with Crippen LogP contribution in [-0.4, -0.2) is 40.1 Å². The van der Waals surface area contributed by atoms with E-state index in [0.29, 0.717) is 16.6 Å². The minimum absolute atomic E-state index is 0.0221. The van der Waals surface area contributed by atoms with Crippen molar-refractivity contribution in [3.05, 3.63) is 28.0 Å². The predicted molar refractivity (Wildman–Crippen MR) is 94.3 cm³/mol. The number of aromatic nitrogens is 3. The monoisotopic (exact) mass is 362 g/mol. The predicted octanol–water partition coefficient (Wildman–Crippen LogP) is 2.68. The zero-order valence-corrected chi connectivity index (χ0v) is 15.4. The molecule has 0 aromatic carbocycles. The summed E-state index contributed by atoms with van der Waals surface area (Å²) in [6.45, 7) is 3.79. The maximum absolute atomic E-state index is 12.4. The Morgan fingerprint density at radius 2 is 1.88 bits per heavy atom. The molecule has 2 heterocycles. The Hall–Kier alpha value is -2.22. The minimum atomic E-state index is -0.0221. The first-order valence-corrected chi connectivity index (χ1v) is 9.14. The van der Waals surface area contributed by atoms with E-state index in [1.165, 1.54) is 11.3 Å². The second kappa shape index (κ2) is 7.77. The van der Waals surface area contributed by atoms with Crippen LogP contribution in [0.1, 0.15) is 46.1 Å². The number of rotatable bonds is 5. The lowest BCUT2D eigenvalue weighted by molar-refractivity contribution is 0.0892. The molecule has 0 unspecified atom stereocenters. The Balaban J connectivity index is 1.50. The Labute approximate surface area is 150 Å². The molecule has 8 heteroatoms. The molecule has 1 fully saturated rings. The molecule has 25 heavy (non-hydrogen) atoms. The van der Waals surface area contributed by atoms with Crippen molar-refractivity contribution < 1.29 is 14.3 Å². The van der Waals surface area contributed by atoms with Crippen molar-refractivity contribution in [3.8, 4) is 11.8 Å². The number of carbonyl (C=O) groups is 1. The number of hydrogen-bond donors (Lipinski definition) is 1. The molecule has 7 nitrogen and oxygen atoms in total. The van der Waals surface area contributed by atoms with E-state index in [-0.39, 0.29) is 18.1 Å². The van der Waals surface area contributed by atoms with Gasteiger partial charge in [0.05, 0.1) is 30.2 Å². The van der Waals surface area contributed by atoms with Gasteiger partial charge in [-0.25, -0.2) is 4.98 Å². The van der Waals surface area contributed by atoms with Crippen LogP contribution in [0.5, 0.6) is 11.8 Å². The molecule has 2 aromatic rings. The Morgan fingerprint density at radius 1 is 1.16 bits per heavy atom. The highest BCUT2D eigenvalue weighted by molar-refractivity contribution is 7.13. The number of carbonyl (C=O) groups excluding carboxylic acids is 1. The number of amides is 1. The average molecular weight is 362 g/mol. The first kappa shape index (κ1) is 17.6. The van der Waals surface area contributed by atoms with E-state index in [1.54, 1.807) is 19.5 Å². The van der Waals surface area contributed by atoms with E-state index in [0.717, 1.165) is 36.4 Å². The molecule has 0 aliphatic heterocycles. The van der Waals surface area contributed by atoms with Gasteiger partial charge in [0.1, 0.15) is 11.0 Å². The molecule has 134 valence electrons. The van der Waals surface area contributed by atoms with Crippen molar-refractivity contribution in [2.24, 2.45) is 0 Å². The maximum atomic E-state index is 12.4. The maximum Gasteiger partial charge on any atom is 0.263 e. The van der Waals surface area contributed by atoms with Crippen LogP contribution in [0.2, 0.25) is 0 Å². The molecule has 0 spiro atoms. The summed E-state index contributed by atoms with van der Waals surface area (Å²) in [5.41, 5.74) is 0.800. The number of thiazole rings is 1. The molecule has 1 aliphatic carbocycles. The minimum Gasteiger partial charge on any atom is -0.480 e. The molecule has 1 N–H and O–H groups in total. The van der Waals surface area contributed by atoms with Gasteiger partial charge in [0, 0.05) is 6.04 Å². The topological polar surface area (TPSA) is 86.2 Å². The number of nitrogens with zero attached hydrogens (tertiary/aromatic N) is 3. The van der Waals surface area contributed by atoms with Gasteiger partial charge in [0.2, 0.25) is 11.8 Å². The van der Waals surface area contributed by atoms with Gasteiger partial charge in [-0.15, -0.1) is 11.3 Å². The lowest BCUT2D eigenvalue weighted by Crippen LogP contribution is -2.39. The van der Waals surface area contributed by atoms with Crippen molar-refractivity contribution in [1.82, 2.24) is 20.3 Å². The molecule has 0 bridgehead atoms. The fourth-order valence-electron chi connectivity index (χ4n) is 2.97. The molecule has 1 aliphatic rings. The van der Waals surface area contributed by atoms with E-state index < -0.39 is 0 Å². The molecule has 1 saturated carbocycles. The average Bonchev–Trinajstić information content (AvgIpc) is 2.95. The standard InChI is InChI=1S/C17H22N4O3S/c1-10-16(25-11(2)19-10)17(22)20-12-4-6-13(7-5-12)24-15-9-18-8-14(21-15)23-3/h8-9,12-13H,4-7H2,1-3H3,(H,20,22). The molecule has 0 atom stereocenters. The van der Waals surface area contributed by atoms with Crippen molar-refractivity contribution in [2.45, 2.75) is 51.7 Å². The molecule has 1 amide bonds. The van der Waals surface area contributed by atoms with Gasteiger partial charge in [0.25, 0.3) is 5.91 Å². The number of aryl methyl sites for hydroxylation is 2. The number of ether oxygens (including phenoxy) is 2. The van der Waals surface area contributed by atoms with Crippen LogP contribution < -0.4 is 14.8 Å². The van der Waals surface area contributed by atoms with Crippen molar-refractivity contribution in [3.63, 3.8) is 0 Å². The second-order valence-corrected chi connectivity index (χ2v) is 7.32. The summed E-state index contributed by atoms with van der Waals surface area (Å²) in [5.74, 6) is 0.891. The summed E-state index contributed by atoms with van der Waals surface area (Å²) < 4.78 is 10.9. The van der Waals surface area contributed by atoms with Gasteiger partial charge in [-0.2, -0.15) is 4.98 Å². The molecule has 3 rings (SSSR count). The second-order valence-electron chi connectivity index (χ2n) is 6.11. The van der Waals surface area contributed by atoms with Gasteiger partial charge in [0.15, 0.2) is 0 Å². The van der Waals surface area contributed by atoms with Crippen LogP contribution in [0.15, 0.2) is 12.4 Å². The zero-order valence-electron chi connectivity index (χ0n) is 14.6. The third kappa shape index (κ3) is 4.45. The van der Waals surface area contributed by atoms with Crippen LogP contribution in [0.4, 0.5) is 0 Å². The first-order valence-electron chi connectivity index (χ1n) is 8.32. The van der Waals surface area contributed by atoms with E-state index in [9.17, 15) is 4.79 Å². The molecular weight excluding hydrogens is 340 g/mol. The molecule has 0 saturated heterocycles. The Bertz CT molecular complexity index is 741. The summed E-state index contributed by atoms with van der Waals surface area (Å²) >= 11 is 1.44. The summed E-state index contributed by atoms with van der Waals surface area (Å²) in [7, 11) is 1.55. The number of nitrogens with one attached hydrogen (secondary N) is 1. The largest absolute Gasteiger partial charge is 0.480 e. The smallest absolute Gasteiger partial charge is 0.263 e. The van der Waals surface area contributed by atoms with Gasteiger partial charge < -0.3 is 14.8 Å². The van der Waals surface area contributed by atoms with E-state index in [2.05, 4.69) is 20.3 Å². The molecule has 2 aromatic heterocycles. The zero-order chi connectivity index (χ0) is 17.8. The number of methoxy groups -OCH3 is 1. The Morgan fingerprint density at radius 3 is 2.52 bits per heavy atom. The van der Waals surface area contributed by atoms with Gasteiger partial charge in [-0.3, -0.25) is 9.78 Å². The van der Waals surface area contributed by atoms with Crippen molar-refractivity contribution in [1.29, 1.82) is 0 Å². The fourth-order valence-corrected chi connectivity index (χ4v) is 3.80. The third-order valence-corrected chi connectivity index (χ3v) is 5.28. The summed E-state index contributed by atoms with van der Waals surface area (Å²) in [6.07, 6.45) is 6.71. The number of hydrogen-bond acceptors (Lipinski definition) is 7. The molecular formula is C17H22N4O3S. The van der Waals surface area contributed by atoms with Crippen LogP contribution in [-0.2, 0) is 0 Å². The SMILES string of the molecule is COc1cncc(OC2CCC(NC(=O)c3sc(C)nc3C)CC2)n1. The van der Waals surface area contributed by atoms with Crippen LogP contribution in [0.25, 0.3) is 0 Å². The highest BCUT2D eigenvalue weighted by atomic mass is 32.1. The van der Waals surface area contributed by atoms with Crippen LogP contribution >= 0.6 is 11.3 Å². The highest BCUT2D eigenvalue weighted by Crippen LogP contribution is 2.24. The van der Waals surface area contributed by atoms with E-state index in [4.69, 9.17) is 9.47 Å². The normalized spacial score (nSPS) is 20.1. The van der Waals surface area contributed by atoms with Gasteiger partial charge in [-0.1, -0.05) is 0 Å².